The fraction of sp³-hybridized carbons (Fsp3) is 0.167. The number of amides is 1. The molecule has 5 heteroatoms. The van der Waals surface area contributed by atoms with Crippen molar-refractivity contribution in [2.24, 2.45) is 0 Å². The highest BCUT2D eigenvalue weighted by Crippen LogP contribution is 2.19. The molecular formula is C24H23N3O2. The Morgan fingerprint density at radius 3 is 2.55 bits per heavy atom. The molecule has 0 spiro atoms. The van der Waals surface area contributed by atoms with Gasteiger partial charge in [0, 0.05) is 18.3 Å². The number of ether oxygens (including phenoxy) is 1. The van der Waals surface area contributed by atoms with Crippen LogP contribution in [0.2, 0.25) is 0 Å². The van der Waals surface area contributed by atoms with Crippen molar-refractivity contribution in [3.63, 3.8) is 0 Å². The Balaban J connectivity index is 1.52. The summed E-state index contributed by atoms with van der Waals surface area (Å²) in [5.74, 6) is 0.574. The quantitative estimate of drug-likeness (QED) is 0.631. The average Bonchev–Trinajstić information content (AvgIpc) is 2.73. The van der Waals surface area contributed by atoms with Crippen molar-refractivity contribution in [2.45, 2.75) is 13.2 Å². The highest BCUT2D eigenvalue weighted by molar-refractivity contribution is 5.92. The smallest absolute Gasteiger partial charge is 0.238 e. The molecule has 0 aliphatic heterocycles. The standard InChI is InChI=1S/C24H23N3O2/c1-27(16-19-7-3-2-4-8-19)17-24(28)26-22-11-6-12-23(14-22)29-18-21-10-5-9-20(13-21)15-25/h2-14H,16-18H2,1H3,(H,26,28). The maximum atomic E-state index is 12.4. The summed E-state index contributed by atoms with van der Waals surface area (Å²) < 4.78 is 5.80. The minimum atomic E-state index is -0.0812. The third-order valence-electron chi connectivity index (χ3n) is 4.29. The zero-order chi connectivity index (χ0) is 20.5. The third kappa shape index (κ3) is 6.49. The molecule has 1 amide bonds. The highest BCUT2D eigenvalue weighted by Gasteiger charge is 2.08. The molecule has 0 atom stereocenters. The predicted molar refractivity (Wildman–Crippen MR) is 113 cm³/mol. The van der Waals surface area contributed by atoms with Crippen LogP contribution < -0.4 is 10.1 Å². The Labute approximate surface area is 171 Å². The number of nitriles is 1. The maximum Gasteiger partial charge on any atom is 0.238 e. The zero-order valence-electron chi connectivity index (χ0n) is 16.3. The number of benzene rings is 3. The molecule has 0 aromatic heterocycles. The summed E-state index contributed by atoms with van der Waals surface area (Å²) in [6, 6.07) is 26.8. The van der Waals surface area contributed by atoms with Gasteiger partial charge >= 0.3 is 0 Å². The van der Waals surface area contributed by atoms with E-state index in [9.17, 15) is 4.79 Å². The molecule has 0 aliphatic rings. The monoisotopic (exact) mass is 385 g/mol. The normalized spacial score (nSPS) is 10.4. The van der Waals surface area contributed by atoms with E-state index in [0.29, 0.717) is 36.7 Å². The van der Waals surface area contributed by atoms with Crippen molar-refractivity contribution in [1.82, 2.24) is 4.90 Å². The summed E-state index contributed by atoms with van der Waals surface area (Å²) >= 11 is 0. The van der Waals surface area contributed by atoms with Crippen LogP contribution in [0.3, 0.4) is 0 Å². The first-order chi connectivity index (χ1) is 14.1. The third-order valence-corrected chi connectivity index (χ3v) is 4.29. The molecule has 3 aromatic rings. The second kappa shape index (κ2) is 10.1. The van der Waals surface area contributed by atoms with E-state index < -0.39 is 0 Å². The van der Waals surface area contributed by atoms with Crippen molar-refractivity contribution < 1.29 is 9.53 Å². The van der Waals surface area contributed by atoms with Crippen LogP contribution in [-0.2, 0) is 17.9 Å². The Kier molecular flexibility index (Phi) is 6.99. The second-order valence-electron chi connectivity index (χ2n) is 6.83. The van der Waals surface area contributed by atoms with Crippen LogP contribution in [0.15, 0.2) is 78.9 Å². The van der Waals surface area contributed by atoms with Gasteiger partial charge in [-0.3, -0.25) is 9.69 Å². The van der Waals surface area contributed by atoms with Gasteiger partial charge in [0.2, 0.25) is 5.91 Å². The molecule has 5 nitrogen and oxygen atoms in total. The van der Waals surface area contributed by atoms with E-state index in [-0.39, 0.29) is 5.91 Å². The van der Waals surface area contributed by atoms with Crippen molar-refractivity contribution in [3.05, 3.63) is 95.6 Å². The molecule has 3 aromatic carbocycles. The Morgan fingerprint density at radius 2 is 1.76 bits per heavy atom. The van der Waals surface area contributed by atoms with Gasteiger partial charge < -0.3 is 10.1 Å². The molecular weight excluding hydrogens is 362 g/mol. The lowest BCUT2D eigenvalue weighted by Gasteiger charge is -2.16. The SMILES string of the molecule is CN(CC(=O)Nc1cccc(OCc2cccc(C#N)c2)c1)Cc1ccccc1. The molecule has 3 rings (SSSR count). The van der Waals surface area contributed by atoms with Gasteiger partial charge in [-0.05, 0) is 42.4 Å². The molecule has 0 radical (unpaired) electrons. The summed E-state index contributed by atoms with van der Waals surface area (Å²) in [4.78, 5) is 14.3. The van der Waals surface area contributed by atoms with Crippen molar-refractivity contribution in [3.8, 4) is 11.8 Å². The summed E-state index contributed by atoms with van der Waals surface area (Å²) in [5, 5.41) is 11.9. The van der Waals surface area contributed by atoms with Crippen LogP contribution in [0.25, 0.3) is 0 Å². The number of nitrogens with one attached hydrogen (secondary N) is 1. The van der Waals surface area contributed by atoms with E-state index in [1.165, 1.54) is 5.56 Å². The lowest BCUT2D eigenvalue weighted by atomic mass is 10.1. The fourth-order valence-corrected chi connectivity index (χ4v) is 2.96. The summed E-state index contributed by atoms with van der Waals surface area (Å²) in [7, 11) is 1.92. The molecule has 0 aliphatic carbocycles. The first kappa shape index (κ1) is 20.1. The Bertz CT molecular complexity index is 996. The molecule has 29 heavy (non-hydrogen) atoms. The minimum Gasteiger partial charge on any atom is -0.489 e. The molecule has 1 N–H and O–H groups in total. The number of likely N-dealkylation sites (N-methyl/N-ethyl adjacent to an activating group) is 1. The average molecular weight is 385 g/mol. The van der Waals surface area contributed by atoms with Gasteiger partial charge in [-0.1, -0.05) is 48.5 Å². The molecule has 0 fully saturated rings. The Hall–Kier alpha value is -3.62. The Morgan fingerprint density at radius 1 is 1.00 bits per heavy atom. The lowest BCUT2D eigenvalue weighted by Crippen LogP contribution is -2.29. The molecule has 0 unspecified atom stereocenters. The molecule has 0 heterocycles. The first-order valence-electron chi connectivity index (χ1n) is 9.36. The number of carbonyl (C=O) groups excluding carboxylic acids is 1. The molecule has 0 bridgehead atoms. The summed E-state index contributed by atoms with van der Waals surface area (Å²) in [5.41, 5.74) is 3.37. The van der Waals surface area contributed by atoms with Crippen LogP contribution in [0.5, 0.6) is 5.75 Å². The van der Waals surface area contributed by atoms with Crippen molar-refractivity contribution in [2.75, 3.05) is 18.9 Å². The predicted octanol–water partition coefficient (Wildman–Crippen LogP) is 4.21. The number of anilines is 1. The second-order valence-corrected chi connectivity index (χ2v) is 6.83. The van der Waals surface area contributed by atoms with Gasteiger partial charge in [0.25, 0.3) is 0 Å². The van der Waals surface area contributed by atoms with Crippen LogP contribution in [-0.4, -0.2) is 24.4 Å². The maximum absolute atomic E-state index is 12.4. The number of hydrogen-bond donors (Lipinski definition) is 1. The van der Waals surface area contributed by atoms with Crippen LogP contribution >= 0.6 is 0 Å². The van der Waals surface area contributed by atoms with Crippen LogP contribution in [0, 0.1) is 11.3 Å². The van der Waals surface area contributed by atoms with E-state index in [2.05, 4.69) is 11.4 Å². The van der Waals surface area contributed by atoms with Gasteiger partial charge in [-0.25, -0.2) is 0 Å². The molecule has 0 saturated heterocycles. The van der Waals surface area contributed by atoms with Gasteiger partial charge in [-0.15, -0.1) is 0 Å². The van der Waals surface area contributed by atoms with Crippen LogP contribution in [0.4, 0.5) is 5.69 Å². The largest absolute Gasteiger partial charge is 0.489 e. The van der Waals surface area contributed by atoms with Gasteiger partial charge in [0.1, 0.15) is 12.4 Å². The summed E-state index contributed by atoms with van der Waals surface area (Å²) in [6.45, 7) is 1.35. The lowest BCUT2D eigenvalue weighted by molar-refractivity contribution is -0.117. The van der Waals surface area contributed by atoms with Gasteiger partial charge in [0.15, 0.2) is 0 Å². The number of carbonyl (C=O) groups is 1. The van der Waals surface area contributed by atoms with E-state index in [4.69, 9.17) is 10.00 Å². The number of nitrogens with zero attached hydrogens (tertiary/aromatic N) is 2. The van der Waals surface area contributed by atoms with E-state index in [0.717, 1.165) is 5.56 Å². The first-order valence-corrected chi connectivity index (χ1v) is 9.36. The molecule has 0 saturated carbocycles. The topological polar surface area (TPSA) is 65.4 Å². The summed E-state index contributed by atoms with van der Waals surface area (Å²) in [6.07, 6.45) is 0. The van der Waals surface area contributed by atoms with Crippen molar-refractivity contribution in [1.29, 1.82) is 5.26 Å². The number of rotatable bonds is 8. The zero-order valence-corrected chi connectivity index (χ0v) is 16.3. The van der Waals surface area contributed by atoms with Gasteiger partial charge in [0.05, 0.1) is 18.2 Å². The molecule has 146 valence electrons. The van der Waals surface area contributed by atoms with Crippen molar-refractivity contribution >= 4 is 11.6 Å². The minimum absolute atomic E-state index is 0.0812. The van der Waals surface area contributed by atoms with Gasteiger partial charge in [-0.2, -0.15) is 5.26 Å². The fourth-order valence-electron chi connectivity index (χ4n) is 2.96. The van der Waals surface area contributed by atoms with E-state index >= 15 is 0 Å². The van der Waals surface area contributed by atoms with E-state index in [1.807, 2.05) is 72.6 Å². The van der Waals surface area contributed by atoms with E-state index in [1.54, 1.807) is 18.2 Å². The van der Waals surface area contributed by atoms with Crippen LogP contribution in [0.1, 0.15) is 16.7 Å². The number of hydrogen-bond acceptors (Lipinski definition) is 4. The highest BCUT2D eigenvalue weighted by atomic mass is 16.5.